The van der Waals surface area contributed by atoms with E-state index in [0.717, 1.165) is 4.47 Å². The van der Waals surface area contributed by atoms with Gasteiger partial charge in [0, 0.05) is 30.7 Å². The Labute approximate surface area is 176 Å². The van der Waals surface area contributed by atoms with E-state index in [1.54, 1.807) is 36.4 Å². The average molecular weight is 481 g/mol. The number of nitrogens with zero attached hydrogens (tertiary/aromatic N) is 6. The molecule has 1 saturated heterocycles. The molecule has 0 aliphatic carbocycles. The fraction of sp³-hybridized carbons (Fsp3) is 0.278. The number of piperazine rings is 1. The minimum Gasteiger partial charge on any atom is -0.293 e. The van der Waals surface area contributed by atoms with Crippen molar-refractivity contribution in [2.24, 2.45) is 0 Å². The molecule has 1 fully saturated rings. The summed E-state index contributed by atoms with van der Waals surface area (Å²) in [6.45, 7) is 2.28. The highest BCUT2D eigenvalue weighted by atomic mass is 79.9. The van der Waals surface area contributed by atoms with Gasteiger partial charge in [-0.3, -0.25) is 4.90 Å². The number of rotatable bonds is 5. The van der Waals surface area contributed by atoms with Gasteiger partial charge in [-0.25, -0.2) is 12.8 Å². The Kier molecular flexibility index (Phi) is 5.72. The van der Waals surface area contributed by atoms with Crippen LogP contribution in [0.3, 0.4) is 0 Å². The van der Waals surface area contributed by atoms with E-state index in [9.17, 15) is 12.8 Å². The van der Waals surface area contributed by atoms with Crippen LogP contribution < -0.4 is 0 Å². The van der Waals surface area contributed by atoms with Crippen molar-refractivity contribution in [3.8, 4) is 5.69 Å². The third kappa shape index (κ3) is 4.37. The van der Waals surface area contributed by atoms with Gasteiger partial charge in [0.05, 0.1) is 17.1 Å². The number of hydrogen-bond acceptors (Lipinski definition) is 6. The van der Waals surface area contributed by atoms with Gasteiger partial charge in [-0.2, -0.15) is 8.99 Å². The van der Waals surface area contributed by atoms with Crippen LogP contribution in [0.2, 0.25) is 0 Å². The Hall–Kier alpha value is -2.21. The second kappa shape index (κ2) is 8.27. The van der Waals surface area contributed by atoms with Crippen LogP contribution in [0.4, 0.5) is 4.39 Å². The molecule has 1 aliphatic rings. The lowest BCUT2D eigenvalue weighted by Gasteiger charge is -2.33. The normalized spacial score (nSPS) is 16.2. The molecule has 11 heteroatoms. The molecule has 4 rings (SSSR count). The first-order valence-electron chi connectivity index (χ1n) is 8.95. The first-order chi connectivity index (χ1) is 13.9. The van der Waals surface area contributed by atoms with Crippen LogP contribution in [0.15, 0.2) is 57.9 Å². The molecule has 0 radical (unpaired) electrons. The monoisotopic (exact) mass is 480 g/mol. The zero-order chi connectivity index (χ0) is 20.4. The van der Waals surface area contributed by atoms with Gasteiger partial charge in [-0.05, 0) is 52.9 Å². The number of aromatic nitrogens is 4. The van der Waals surface area contributed by atoms with E-state index in [2.05, 4.69) is 36.4 Å². The van der Waals surface area contributed by atoms with Gasteiger partial charge in [-0.15, -0.1) is 5.10 Å². The van der Waals surface area contributed by atoms with Crippen LogP contribution >= 0.6 is 15.9 Å². The Balaban J connectivity index is 1.42. The summed E-state index contributed by atoms with van der Waals surface area (Å²) in [5, 5.41) is 11.7. The molecule has 0 saturated carbocycles. The van der Waals surface area contributed by atoms with Gasteiger partial charge < -0.3 is 0 Å². The molecule has 1 aromatic heterocycles. The van der Waals surface area contributed by atoms with Gasteiger partial charge in [0.25, 0.3) is 0 Å². The molecular formula is C18H18BrFN6O2S. The molecule has 2 heterocycles. The highest BCUT2D eigenvalue weighted by molar-refractivity contribution is 9.10. The van der Waals surface area contributed by atoms with Crippen LogP contribution in [0.5, 0.6) is 0 Å². The Morgan fingerprint density at radius 1 is 1.03 bits per heavy atom. The fourth-order valence-electron chi connectivity index (χ4n) is 3.20. The number of hydrogen-bond donors (Lipinski definition) is 0. The summed E-state index contributed by atoms with van der Waals surface area (Å²) >= 11 is 3.32. The summed E-state index contributed by atoms with van der Waals surface area (Å²) in [4.78, 5) is 2.36. The molecule has 0 amide bonds. The minimum absolute atomic E-state index is 0.282. The lowest BCUT2D eigenvalue weighted by Crippen LogP contribution is -2.48. The van der Waals surface area contributed by atoms with Gasteiger partial charge in [0.15, 0.2) is 5.82 Å². The molecule has 8 nitrogen and oxygen atoms in total. The molecule has 152 valence electrons. The predicted molar refractivity (Wildman–Crippen MR) is 107 cm³/mol. The maximum Gasteiger partial charge on any atom is 0.243 e. The Morgan fingerprint density at radius 3 is 2.45 bits per heavy atom. The van der Waals surface area contributed by atoms with Gasteiger partial charge in [-0.1, -0.05) is 22.0 Å². The summed E-state index contributed by atoms with van der Waals surface area (Å²) in [5.41, 5.74) is 0.543. The van der Waals surface area contributed by atoms with Crippen molar-refractivity contribution < 1.29 is 12.8 Å². The average Bonchev–Trinajstić information content (AvgIpc) is 3.17. The summed E-state index contributed by atoms with van der Waals surface area (Å²) in [6.07, 6.45) is 0. The van der Waals surface area contributed by atoms with E-state index in [0.29, 0.717) is 44.2 Å². The van der Waals surface area contributed by atoms with Crippen molar-refractivity contribution in [1.82, 2.24) is 29.4 Å². The topological polar surface area (TPSA) is 84.2 Å². The highest BCUT2D eigenvalue weighted by Gasteiger charge is 2.29. The van der Waals surface area contributed by atoms with Crippen LogP contribution in [0.25, 0.3) is 5.69 Å². The largest absolute Gasteiger partial charge is 0.293 e. The van der Waals surface area contributed by atoms with Crippen molar-refractivity contribution in [3.63, 3.8) is 0 Å². The Morgan fingerprint density at radius 2 is 1.76 bits per heavy atom. The van der Waals surface area contributed by atoms with E-state index < -0.39 is 10.0 Å². The molecule has 0 N–H and O–H groups in total. The lowest BCUT2D eigenvalue weighted by molar-refractivity contribution is 0.177. The summed E-state index contributed by atoms with van der Waals surface area (Å²) in [5.74, 6) is 0.204. The van der Waals surface area contributed by atoms with Crippen LogP contribution in [-0.4, -0.2) is 64.0 Å². The Bertz CT molecular complexity index is 1100. The second-order valence-electron chi connectivity index (χ2n) is 6.62. The quantitative estimate of drug-likeness (QED) is 0.555. The lowest BCUT2D eigenvalue weighted by atomic mass is 10.3. The fourth-order valence-corrected chi connectivity index (χ4v) is 4.88. The van der Waals surface area contributed by atoms with Crippen LogP contribution in [0.1, 0.15) is 5.82 Å². The first-order valence-corrected chi connectivity index (χ1v) is 11.2. The van der Waals surface area contributed by atoms with Crippen molar-refractivity contribution in [3.05, 3.63) is 64.6 Å². The smallest absolute Gasteiger partial charge is 0.243 e. The van der Waals surface area contributed by atoms with Gasteiger partial charge in [0.1, 0.15) is 5.82 Å². The van der Waals surface area contributed by atoms with E-state index in [-0.39, 0.29) is 10.7 Å². The first kappa shape index (κ1) is 20.1. The summed E-state index contributed by atoms with van der Waals surface area (Å²) in [6, 6.07) is 12.7. The zero-order valence-corrected chi connectivity index (χ0v) is 17.7. The minimum atomic E-state index is -3.52. The van der Waals surface area contributed by atoms with Crippen molar-refractivity contribution in [2.75, 3.05) is 26.2 Å². The van der Waals surface area contributed by atoms with Crippen LogP contribution in [-0.2, 0) is 16.6 Å². The molecule has 0 spiro atoms. The van der Waals surface area contributed by atoms with E-state index in [1.807, 2.05) is 0 Å². The molecule has 29 heavy (non-hydrogen) atoms. The maximum atomic E-state index is 13.5. The number of benzene rings is 2. The standard InChI is InChI=1S/C18H18BrFN6O2S/c19-14-4-6-17(7-5-14)29(27,28)25-10-8-24(9-11-25)13-18-21-22-23-26(18)16-3-1-2-15(20)12-16/h1-7,12H,8-11,13H2. The number of tetrazole rings is 1. The molecule has 2 aromatic carbocycles. The molecule has 0 bridgehead atoms. The maximum absolute atomic E-state index is 13.5. The molecule has 3 aromatic rings. The van der Waals surface area contributed by atoms with Crippen molar-refractivity contribution in [1.29, 1.82) is 0 Å². The van der Waals surface area contributed by atoms with E-state index in [4.69, 9.17) is 0 Å². The third-order valence-electron chi connectivity index (χ3n) is 4.73. The number of halogens is 2. The second-order valence-corrected chi connectivity index (χ2v) is 9.47. The van der Waals surface area contributed by atoms with E-state index in [1.165, 1.54) is 21.1 Å². The molecular weight excluding hydrogens is 463 g/mol. The SMILES string of the molecule is O=S(=O)(c1ccc(Br)cc1)N1CCN(Cc2nnnn2-c2cccc(F)c2)CC1. The van der Waals surface area contributed by atoms with Crippen molar-refractivity contribution in [2.45, 2.75) is 11.4 Å². The molecule has 0 atom stereocenters. The third-order valence-corrected chi connectivity index (χ3v) is 7.18. The highest BCUT2D eigenvalue weighted by Crippen LogP contribution is 2.21. The molecule has 0 unspecified atom stereocenters. The number of sulfonamides is 1. The summed E-state index contributed by atoms with van der Waals surface area (Å²) in [7, 11) is -3.52. The summed E-state index contributed by atoms with van der Waals surface area (Å²) < 4.78 is 42.9. The van der Waals surface area contributed by atoms with Crippen LogP contribution in [0, 0.1) is 5.82 Å². The predicted octanol–water partition coefficient (Wildman–Crippen LogP) is 2.07. The zero-order valence-electron chi connectivity index (χ0n) is 15.3. The van der Waals surface area contributed by atoms with Gasteiger partial charge >= 0.3 is 0 Å². The van der Waals surface area contributed by atoms with Crippen molar-refractivity contribution >= 4 is 26.0 Å². The molecule has 1 aliphatic heterocycles. The van der Waals surface area contributed by atoms with E-state index >= 15 is 0 Å². The van der Waals surface area contributed by atoms with Gasteiger partial charge in [0.2, 0.25) is 10.0 Å².